The molecule has 0 spiro atoms. The predicted octanol–water partition coefficient (Wildman–Crippen LogP) is 3.65. The van der Waals surface area contributed by atoms with Crippen molar-refractivity contribution in [1.82, 2.24) is 0 Å². The van der Waals surface area contributed by atoms with Gasteiger partial charge in [0, 0.05) is 11.3 Å². The normalized spacial score (nSPS) is 14.4. The Labute approximate surface area is 165 Å². The summed E-state index contributed by atoms with van der Waals surface area (Å²) in [6.07, 6.45) is 6.38. The molecule has 0 radical (unpaired) electrons. The molecule has 2 aromatic carbocycles. The van der Waals surface area contributed by atoms with E-state index in [0.717, 1.165) is 18.4 Å². The molecule has 0 unspecified atom stereocenters. The van der Waals surface area contributed by atoms with Gasteiger partial charge < -0.3 is 20.5 Å². The zero-order valence-corrected chi connectivity index (χ0v) is 15.9. The number of ether oxygens (including phenoxy) is 2. The van der Waals surface area contributed by atoms with Crippen LogP contribution in [0, 0.1) is 0 Å². The van der Waals surface area contributed by atoms with E-state index in [1.54, 1.807) is 24.3 Å². The molecule has 3 rings (SSSR count). The minimum Gasteiger partial charge on any atom is -0.484 e. The van der Waals surface area contributed by atoms with Crippen molar-refractivity contribution >= 4 is 17.5 Å². The van der Waals surface area contributed by atoms with Crippen LogP contribution in [0.25, 0.3) is 0 Å². The Morgan fingerprint density at radius 2 is 1.82 bits per heavy atom. The van der Waals surface area contributed by atoms with Crippen molar-refractivity contribution in [2.24, 2.45) is 5.73 Å². The summed E-state index contributed by atoms with van der Waals surface area (Å²) >= 11 is 0. The third-order valence-electron chi connectivity index (χ3n) is 4.70. The Morgan fingerprint density at radius 1 is 1.04 bits per heavy atom. The van der Waals surface area contributed by atoms with Crippen LogP contribution in [0.2, 0.25) is 0 Å². The van der Waals surface area contributed by atoms with Crippen molar-refractivity contribution in [2.75, 3.05) is 11.9 Å². The van der Waals surface area contributed by atoms with Gasteiger partial charge in [-0.25, -0.2) is 0 Å². The molecule has 28 heavy (non-hydrogen) atoms. The van der Waals surface area contributed by atoms with Gasteiger partial charge in [0.25, 0.3) is 11.8 Å². The maximum Gasteiger partial charge on any atom is 0.255 e. The highest BCUT2D eigenvalue weighted by Crippen LogP contribution is 2.22. The summed E-state index contributed by atoms with van der Waals surface area (Å²) in [6.45, 7) is 0.318. The van der Waals surface area contributed by atoms with Gasteiger partial charge >= 0.3 is 0 Å². The first-order valence-electron chi connectivity index (χ1n) is 9.63. The number of primary amides is 1. The van der Waals surface area contributed by atoms with Crippen LogP contribution in [-0.2, 0) is 16.1 Å². The molecule has 148 valence electrons. The van der Waals surface area contributed by atoms with Crippen molar-refractivity contribution in [3.05, 3.63) is 59.7 Å². The van der Waals surface area contributed by atoms with Gasteiger partial charge in [-0.1, -0.05) is 37.5 Å². The minimum atomic E-state index is -0.567. The van der Waals surface area contributed by atoms with E-state index in [4.69, 9.17) is 15.2 Å². The summed E-state index contributed by atoms with van der Waals surface area (Å²) in [5.74, 6) is -0.405. The Morgan fingerprint density at radius 3 is 2.61 bits per heavy atom. The molecular formula is C22H26N2O4. The molecule has 1 aliphatic rings. The highest BCUT2D eigenvalue weighted by molar-refractivity contribution is 6.04. The number of carbonyl (C=O) groups is 2. The van der Waals surface area contributed by atoms with Crippen molar-refractivity contribution in [2.45, 2.75) is 44.8 Å². The third-order valence-corrected chi connectivity index (χ3v) is 4.70. The topological polar surface area (TPSA) is 90.7 Å². The lowest BCUT2D eigenvalue weighted by atomic mass is 9.98. The average Bonchev–Trinajstić information content (AvgIpc) is 2.72. The summed E-state index contributed by atoms with van der Waals surface area (Å²) in [6, 6.07) is 14.3. The Bertz CT molecular complexity index is 816. The second kappa shape index (κ2) is 9.90. The molecule has 0 bridgehead atoms. The molecule has 1 saturated carbocycles. The van der Waals surface area contributed by atoms with E-state index in [2.05, 4.69) is 5.32 Å². The second-order valence-electron chi connectivity index (χ2n) is 7.01. The molecule has 0 atom stereocenters. The molecule has 1 aliphatic carbocycles. The number of rotatable bonds is 8. The lowest BCUT2D eigenvalue weighted by molar-refractivity contribution is -0.119. The van der Waals surface area contributed by atoms with Gasteiger partial charge in [0.1, 0.15) is 5.75 Å². The molecule has 2 amide bonds. The first-order chi connectivity index (χ1) is 13.6. The van der Waals surface area contributed by atoms with Crippen molar-refractivity contribution in [1.29, 1.82) is 0 Å². The monoisotopic (exact) mass is 382 g/mol. The molecule has 0 aliphatic heterocycles. The van der Waals surface area contributed by atoms with Crippen LogP contribution in [0.15, 0.2) is 48.5 Å². The minimum absolute atomic E-state index is 0.228. The van der Waals surface area contributed by atoms with Crippen LogP contribution in [0.3, 0.4) is 0 Å². The van der Waals surface area contributed by atoms with E-state index in [1.807, 2.05) is 24.3 Å². The zero-order chi connectivity index (χ0) is 19.8. The smallest absolute Gasteiger partial charge is 0.255 e. The van der Waals surface area contributed by atoms with Crippen LogP contribution in [0.5, 0.6) is 5.75 Å². The molecule has 3 N–H and O–H groups in total. The number of benzene rings is 2. The van der Waals surface area contributed by atoms with Crippen LogP contribution >= 0.6 is 0 Å². The van der Waals surface area contributed by atoms with E-state index >= 15 is 0 Å². The molecular weight excluding hydrogens is 356 g/mol. The average molecular weight is 382 g/mol. The van der Waals surface area contributed by atoms with Crippen LogP contribution < -0.4 is 15.8 Å². The quantitative estimate of drug-likeness (QED) is 0.729. The predicted molar refractivity (Wildman–Crippen MR) is 107 cm³/mol. The Hall–Kier alpha value is -2.86. The van der Waals surface area contributed by atoms with E-state index in [-0.39, 0.29) is 12.5 Å². The second-order valence-corrected chi connectivity index (χ2v) is 7.01. The van der Waals surface area contributed by atoms with Crippen LogP contribution in [0.4, 0.5) is 5.69 Å². The van der Waals surface area contributed by atoms with Gasteiger partial charge in [0.05, 0.1) is 12.7 Å². The highest BCUT2D eigenvalue weighted by atomic mass is 16.5. The molecule has 1 fully saturated rings. The van der Waals surface area contributed by atoms with Gasteiger partial charge in [0.15, 0.2) is 6.61 Å². The van der Waals surface area contributed by atoms with Gasteiger partial charge in [-0.2, -0.15) is 0 Å². The number of nitrogens with one attached hydrogen (secondary N) is 1. The summed E-state index contributed by atoms with van der Waals surface area (Å²) in [4.78, 5) is 23.4. The lowest BCUT2D eigenvalue weighted by Gasteiger charge is -2.22. The van der Waals surface area contributed by atoms with Gasteiger partial charge in [-0.05, 0) is 48.7 Å². The number of carbonyl (C=O) groups excluding carboxylic acids is 2. The molecule has 0 aromatic heterocycles. The highest BCUT2D eigenvalue weighted by Gasteiger charge is 2.14. The van der Waals surface area contributed by atoms with E-state index in [0.29, 0.717) is 29.7 Å². The van der Waals surface area contributed by atoms with Gasteiger partial charge in [-0.15, -0.1) is 0 Å². The number of hydrogen-bond donors (Lipinski definition) is 2. The number of hydrogen-bond acceptors (Lipinski definition) is 4. The van der Waals surface area contributed by atoms with Crippen molar-refractivity contribution < 1.29 is 19.1 Å². The molecule has 6 nitrogen and oxygen atoms in total. The number of amides is 2. The fourth-order valence-corrected chi connectivity index (χ4v) is 3.27. The van der Waals surface area contributed by atoms with Gasteiger partial charge in [-0.3, -0.25) is 9.59 Å². The summed E-state index contributed by atoms with van der Waals surface area (Å²) < 4.78 is 11.3. The van der Waals surface area contributed by atoms with E-state index in [1.165, 1.54) is 19.3 Å². The van der Waals surface area contributed by atoms with Crippen LogP contribution in [0.1, 0.15) is 48.0 Å². The Kier molecular flexibility index (Phi) is 7.03. The number of anilines is 1. The summed E-state index contributed by atoms with van der Waals surface area (Å²) in [7, 11) is 0. The summed E-state index contributed by atoms with van der Waals surface area (Å²) in [5.41, 5.74) is 7.25. The first kappa shape index (κ1) is 19.9. The SMILES string of the molecule is NC(=O)COc1cccc(C(=O)Nc2cccc(COC3CCCCC3)c2)c1. The standard InChI is InChI=1S/C22H26N2O4/c23-21(25)15-28-20-11-5-7-17(13-20)22(26)24-18-8-4-6-16(12-18)14-27-19-9-2-1-3-10-19/h4-8,11-13,19H,1-3,9-10,14-15H2,(H2,23,25)(H,24,26). The van der Waals surface area contributed by atoms with Crippen molar-refractivity contribution in [3.8, 4) is 5.75 Å². The fourth-order valence-electron chi connectivity index (χ4n) is 3.27. The molecule has 2 aromatic rings. The Balaban J connectivity index is 1.57. The van der Waals surface area contributed by atoms with Gasteiger partial charge in [0.2, 0.25) is 0 Å². The first-order valence-corrected chi connectivity index (χ1v) is 9.63. The van der Waals surface area contributed by atoms with E-state index < -0.39 is 5.91 Å². The maximum absolute atomic E-state index is 12.5. The number of nitrogens with two attached hydrogens (primary N) is 1. The van der Waals surface area contributed by atoms with Crippen LogP contribution in [-0.4, -0.2) is 24.5 Å². The fraction of sp³-hybridized carbons (Fsp3) is 0.364. The largest absolute Gasteiger partial charge is 0.484 e. The lowest BCUT2D eigenvalue weighted by Crippen LogP contribution is -2.20. The van der Waals surface area contributed by atoms with E-state index in [9.17, 15) is 9.59 Å². The zero-order valence-electron chi connectivity index (χ0n) is 15.9. The summed E-state index contributed by atoms with van der Waals surface area (Å²) in [5, 5.41) is 2.89. The third kappa shape index (κ3) is 6.09. The van der Waals surface area contributed by atoms with Crippen molar-refractivity contribution in [3.63, 3.8) is 0 Å². The molecule has 0 heterocycles. The molecule has 6 heteroatoms. The maximum atomic E-state index is 12.5. The molecule has 0 saturated heterocycles.